The summed E-state index contributed by atoms with van der Waals surface area (Å²) in [6.07, 6.45) is 1.56. The van der Waals surface area contributed by atoms with E-state index in [1.807, 2.05) is 52.0 Å². The van der Waals surface area contributed by atoms with Gasteiger partial charge in [0.2, 0.25) is 11.8 Å². The van der Waals surface area contributed by atoms with Crippen LogP contribution in [-0.4, -0.2) is 28.8 Å². The zero-order valence-corrected chi connectivity index (χ0v) is 19.6. The molecule has 162 valence electrons. The summed E-state index contributed by atoms with van der Waals surface area (Å²) >= 11 is 12.4. The number of halogens is 2. The van der Waals surface area contributed by atoms with Crippen LogP contribution in [0.3, 0.4) is 0 Å². The predicted octanol–water partition coefficient (Wildman–Crippen LogP) is 5.57. The van der Waals surface area contributed by atoms with Crippen molar-refractivity contribution in [2.24, 2.45) is 0 Å². The van der Waals surface area contributed by atoms with Crippen molar-refractivity contribution in [1.29, 1.82) is 0 Å². The molecule has 0 saturated carbocycles. The number of carbonyl (C=O) groups is 2. The van der Waals surface area contributed by atoms with Crippen molar-refractivity contribution < 1.29 is 9.59 Å². The van der Waals surface area contributed by atoms with Crippen LogP contribution in [0.25, 0.3) is 0 Å². The highest BCUT2D eigenvalue weighted by molar-refractivity contribution is 6.35. The Kier molecular flexibility index (Phi) is 9.19. The number of aryl methyl sites for hydroxylation is 1. The van der Waals surface area contributed by atoms with Gasteiger partial charge in [-0.3, -0.25) is 9.59 Å². The van der Waals surface area contributed by atoms with Gasteiger partial charge in [-0.15, -0.1) is 0 Å². The normalized spacial score (nSPS) is 12.9. The van der Waals surface area contributed by atoms with Gasteiger partial charge in [-0.1, -0.05) is 67.4 Å². The van der Waals surface area contributed by atoms with E-state index in [0.29, 0.717) is 16.5 Å². The van der Waals surface area contributed by atoms with Crippen molar-refractivity contribution >= 4 is 35.0 Å². The van der Waals surface area contributed by atoms with Gasteiger partial charge in [0.25, 0.3) is 0 Å². The highest BCUT2D eigenvalue weighted by Crippen LogP contribution is 2.24. The molecule has 0 aliphatic carbocycles. The van der Waals surface area contributed by atoms with Crippen LogP contribution in [0, 0.1) is 6.92 Å². The molecule has 0 aromatic heterocycles. The fraction of sp³-hybridized carbons (Fsp3) is 0.417. The van der Waals surface area contributed by atoms with E-state index in [0.717, 1.165) is 23.1 Å². The van der Waals surface area contributed by atoms with Gasteiger partial charge in [0.1, 0.15) is 6.04 Å². The number of hydrogen-bond acceptors (Lipinski definition) is 2. The summed E-state index contributed by atoms with van der Waals surface area (Å²) in [5, 5.41) is 4.02. The third kappa shape index (κ3) is 6.48. The second-order valence-corrected chi connectivity index (χ2v) is 8.45. The highest BCUT2D eigenvalue weighted by Gasteiger charge is 2.29. The Labute approximate surface area is 189 Å². The average Bonchev–Trinajstić information content (AvgIpc) is 2.70. The van der Waals surface area contributed by atoms with Crippen LogP contribution in [0.2, 0.25) is 10.0 Å². The van der Waals surface area contributed by atoms with Gasteiger partial charge in [-0.25, -0.2) is 0 Å². The van der Waals surface area contributed by atoms with Crippen LogP contribution in [0.15, 0.2) is 42.5 Å². The van der Waals surface area contributed by atoms with Crippen molar-refractivity contribution in [3.63, 3.8) is 0 Å². The molecule has 0 saturated heterocycles. The van der Waals surface area contributed by atoms with Gasteiger partial charge in [0, 0.05) is 22.6 Å². The molecule has 30 heavy (non-hydrogen) atoms. The maximum atomic E-state index is 13.4. The van der Waals surface area contributed by atoms with Gasteiger partial charge in [-0.05, 0) is 55.5 Å². The molecule has 0 bridgehead atoms. The van der Waals surface area contributed by atoms with Gasteiger partial charge < -0.3 is 10.2 Å². The van der Waals surface area contributed by atoms with E-state index in [1.165, 1.54) is 0 Å². The molecule has 2 atom stereocenters. The smallest absolute Gasteiger partial charge is 0.243 e. The van der Waals surface area contributed by atoms with Crippen molar-refractivity contribution in [1.82, 2.24) is 10.2 Å². The Morgan fingerprint density at radius 1 is 1.03 bits per heavy atom. The molecule has 6 heteroatoms. The van der Waals surface area contributed by atoms with Crippen molar-refractivity contribution in [2.75, 3.05) is 0 Å². The van der Waals surface area contributed by atoms with E-state index in [9.17, 15) is 9.59 Å². The third-order valence-electron chi connectivity index (χ3n) is 5.35. The lowest BCUT2D eigenvalue weighted by molar-refractivity contribution is -0.141. The molecule has 0 aliphatic rings. The Balaban J connectivity index is 2.35. The molecule has 0 aliphatic heterocycles. The van der Waals surface area contributed by atoms with Crippen LogP contribution >= 0.6 is 23.2 Å². The quantitative estimate of drug-likeness (QED) is 0.545. The number of nitrogens with one attached hydrogen (secondary N) is 1. The molecule has 2 aromatic rings. The molecule has 4 nitrogen and oxygen atoms in total. The lowest BCUT2D eigenvalue weighted by Gasteiger charge is -2.32. The fourth-order valence-electron chi connectivity index (χ4n) is 3.27. The summed E-state index contributed by atoms with van der Waals surface area (Å²) in [7, 11) is 0. The predicted molar refractivity (Wildman–Crippen MR) is 124 cm³/mol. The Morgan fingerprint density at radius 2 is 1.73 bits per heavy atom. The number of rotatable bonds is 9. The summed E-state index contributed by atoms with van der Waals surface area (Å²) in [6, 6.07) is 12.5. The van der Waals surface area contributed by atoms with E-state index in [1.54, 1.807) is 23.1 Å². The molecule has 1 N–H and O–H groups in total. The maximum absolute atomic E-state index is 13.4. The summed E-state index contributed by atoms with van der Waals surface area (Å²) in [5.74, 6) is -0.253. The Hall–Kier alpha value is -2.04. The van der Waals surface area contributed by atoms with Crippen LogP contribution in [-0.2, 0) is 22.6 Å². The molecule has 0 heterocycles. The summed E-state index contributed by atoms with van der Waals surface area (Å²) < 4.78 is 0. The SMILES string of the molecule is CCC(C)NC(=O)C(CC)N(Cc1ccc(Cl)cc1Cl)C(=O)Cc1ccccc1C. The minimum absolute atomic E-state index is 0.0407. The van der Waals surface area contributed by atoms with E-state index in [-0.39, 0.29) is 30.8 Å². The first-order valence-electron chi connectivity index (χ1n) is 10.3. The molecule has 2 amide bonds. The van der Waals surface area contributed by atoms with Crippen LogP contribution in [0.1, 0.15) is 50.3 Å². The molecule has 2 aromatic carbocycles. The third-order valence-corrected chi connectivity index (χ3v) is 5.93. The summed E-state index contributed by atoms with van der Waals surface area (Å²) in [5.41, 5.74) is 2.76. The molecular weight excluding hydrogens is 419 g/mol. The average molecular weight is 449 g/mol. The second kappa shape index (κ2) is 11.4. The summed E-state index contributed by atoms with van der Waals surface area (Å²) in [6.45, 7) is 8.11. The van der Waals surface area contributed by atoms with Crippen LogP contribution < -0.4 is 5.32 Å². The first-order chi connectivity index (χ1) is 14.3. The van der Waals surface area contributed by atoms with E-state index in [4.69, 9.17) is 23.2 Å². The molecular formula is C24H30Cl2N2O2. The van der Waals surface area contributed by atoms with Gasteiger partial charge in [0.05, 0.1) is 6.42 Å². The van der Waals surface area contributed by atoms with Crippen LogP contribution in [0.4, 0.5) is 0 Å². The fourth-order valence-corrected chi connectivity index (χ4v) is 3.74. The number of amides is 2. The second-order valence-electron chi connectivity index (χ2n) is 7.60. The van der Waals surface area contributed by atoms with Crippen molar-refractivity contribution in [2.45, 2.75) is 65.6 Å². The molecule has 0 spiro atoms. The minimum Gasteiger partial charge on any atom is -0.352 e. The van der Waals surface area contributed by atoms with Crippen molar-refractivity contribution in [3.8, 4) is 0 Å². The zero-order chi connectivity index (χ0) is 22.3. The largest absolute Gasteiger partial charge is 0.352 e. The molecule has 0 radical (unpaired) electrons. The van der Waals surface area contributed by atoms with Gasteiger partial charge in [0.15, 0.2) is 0 Å². The Bertz CT molecular complexity index is 885. The van der Waals surface area contributed by atoms with E-state index >= 15 is 0 Å². The van der Waals surface area contributed by atoms with E-state index < -0.39 is 6.04 Å². The maximum Gasteiger partial charge on any atom is 0.243 e. The first kappa shape index (κ1) is 24.2. The van der Waals surface area contributed by atoms with Gasteiger partial charge in [-0.2, -0.15) is 0 Å². The molecule has 2 rings (SSSR count). The standard InChI is InChI=1S/C24H30Cl2N2O2/c1-5-17(4)27-24(30)22(6-2)28(15-19-11-12-20(25)14-21(19)26)23(29)13-18-10-8-7-9-16(18)3/h7-12,14,17,22H,5-6,13,15H2,1-4H3,(H,27,30). The van der Waals surface area contributed by atoms with Crippen LogP contribution in [0.5, 0.6) is 0 Å². The molecule has 0 fully saturated rings. The highest BCUT2D eigenvalue weighted by atomic mass is 35.5. The number of nitrogens with zero attached hydrogens (tertiary/aromatic N) is 1. The topological polar surface area (TPSA) is 49.4 Å². The lowest BCUT2D eigenvalue weighted by Crippen LogP contribution is -2.51. The van der Waals surface area contributed by atoms with Gasteiger partial charge >= 0.3 is 0 Å². The molecule has 2 unspecified atom stereocenters. The zero-order valence-electron chi connectivity index (χ0n) is 18.0. The minimum atomic E-state index is -0.581. The monoisotopic (exact) mass is 448 g/mol. The van der Waals surface area contributed by atoms with E-state index in [2.05, 4.69) is 5.32 Å². The number of hydrogen-bond donors (Lipinski definition) is 1. The number of benzene rings is 2. The number of carbonyl (C=O) groups excluding carboxylic acids is 2. The van der Waals surface area contributed by atoms with Crippen molar-refractivity contribution in [3.05, 3.63) is 69.2 Å². The Morgan fingerprint density at radius 3 is 2.33 bits per heavy atom. The first-order valence-corrected chi connectivity index (χ1v) is 11.1. The summed E-state index contributed by atoms with van der Waals surface area (Å²) in [4.78, 5) is 28.0. The lowest BCUT2D eigenvalue weighted by atomic mass is 10.0.